The number of anilines is 1. The van der Waals surface area contributed by atoms with Gasteiger partial charge in [0.2, 0.25) is 11.9 Å². The number of amides is 1. The van der Waals surface area contributed by atoms with Crippen molar-refractivity contribution in [2.45, 2.75) is 0 Å². The number of pyridine rings is 1. The van der Waals surface area contributed by atoms with E-state index in [1.807, 2.05) is 0 Å². The van der Waals surface area contributed by atoms with Crippen molar-refractivity contribution in [2.75, 3.05) is 11.9 Å². The number of hydrogen-bond acceptors (Lipinski definition) is 5. The lowest BCUT2D eigenvalue weighted by atomic mass is 10.3. The molecule has 0 aliphatic rings. The third-order valence-electron chi connectivity index (χ3n) is 1.91. The van der Waals surface area contributed by atoms with E-state index in [0.29, 0.717) is 16.5 Å². The molecule has 5 nitrogen and oxygen atoms in total. The van der Waals surface area contributed by atoms with Crippen LogP contribution in [-0.4, -0.2) is 22.4 Å². The summed E-state index contributed by atoms with van der Waals surface area (Å²) in [5.41, 5.74) is 6.10. The Kier molecular flexibility index (Phi) is 5.14. The number of carbonyl (C=O) groups is 1. The highest BCUT2D eigenvalue weighted by Gasteiger charge is 2.08. The number of hydrogen-bond donors (Lipinski definition) is 2. The van der Waals surface area contributed by atoms with Crippen LogP contribution in [0.25, 0.3) is 11.4 Å². The van der Waals surface area contributed by atoms with Crippen LogP contribution in [0.4, 0.5) is 9.52 Å². The maximum atomic E-state index is 12.9. The Morgan fingerprint density at radius 1 is 1.39 bits per heavy atom. The van der Waals surface area contributed by atoms with Crippen LogP contribution < -0.4 is 23.5 Å². The molecular formula is C10H9ClFN4OS-. The van der Waals surface area contributed by atoms with Crippen molar-refractivity contribution in [1.82, 2.24) is 9.97 Å². The van der Waals surface area contributed by atoms with Gasteiger partial charge in [0.15, 0.2) is 5.13 Å². The largest absolute Gasteiger partial charge is 1.00 e. The molecule has 0 radical (unpaired) electrons. The number of rotatable bonds is 3. The first-order valence-corrected chi connectivity index (χ1v) is 5.65. The molecule has 0 aliphatic heterocycles. The number of nitrogens with two attached hydrogens (primary N) is 1. The second kappa shape index (κ2) is 6.39. The van der Waals surface area contributed by atoms with Crippen LogP contribution in [0.2, 0.25) is 0 Å². The van der Waals surface area contributed by atoms with Crippen LogP contribution in [0.5, 0.6) is 0 Å². The lowest BCUT2D eigenvalue weighted by molar-refractivity contribution is -0.114. The number of nitrogens with zero attached hydrogens (tertiary/aromatic N) is 2. The second-order valence-corrected chi connectivity index (χ2v) is 3.99. The summed E-state index contributed by atoms with van der Waals surface area (Å²) < 4.78 is 12.9. The third kappa shape index (κ3) is 3.46. The molecule has 18 heavy (non-hydrogen) atoms. The van der Waals surface area contributed by atoms with Crippen molar-refractivity contribution in [3.8, 4) is 11.4 Å². The summed E-state index contributed by atoms with van der Waals surface area (Å²) in [6.07, 6.45) is 0. The average Bonchev–Trinajstić information content (AvgIpc) is 2.77. The van der Waals surface area contributed by atoms with Crippen LogP contribution in [-0.2, 0) is 4.79 Å². The van der Waals surface area contributed by atoms with Gasteiger partial charge < -0.3 is 23.5 Å². The Morgan fingerprint density at radius 2 is 2.17 bits per heavy atom. The minimum absolute atomic E-state index is 0. The SMILES string of the molecule is NCC(=O)Nc1nc(-c2cccc(F)n2)cs1.[Cl-]. The summed E-state index contributed by atoms with van der Waals surface area (Å²) in [7, 11) is 0. The van der Waals surface area contributed by atoms with Gasteiger partial charge in [-0.2, -0.15) is 4.39 Å². The van der Waals surface area contributed by atoms with Crippen molar-refractivity contribution in [3.05, 3.63) is 29.5 Å². The van der Waals surface area contributed by atoms with Crippen molar-refractivity contribution in [1.29, 1.82) is 0 Å². The maximum absolute atomic E-state index is 12.9. The summed E-state index contributed by atoms with van der Waals surface area (Å²) in [5.74, 6) is -0.888. The summed E-state index contributed by atoms with van der Waals surface area (Å²) in [5, 5.41) is 4.62. The predicted octanol–water partition coefficient (Wildman–Crippen LogP) is -1.75. The van der Waals surface area contributed by atoms with Gasteiger partial charge in [-0.1, -0.05) is 6.07 Å². The monoisotopic (exact) mass is 287 g/mol. The Morgan fingerprint density at radius 3 is 2.83 bits per heavy atom. The molecule has 0 bridgehead atoms. The zero-order valence-corrected chi connectivity index (χ0v) is 10.6. The lowest BCUT2D eigenvalue weighted by Gasteiger charge is -1.97. The van der Waals surface area contributed by atoms with E-state index in [1.165, 1.54) is 17.4 Å². The van der Waals surface area contributed by atoms with Gasteiger partial charge >= 0.3 is 0 Å². The topological polar surface area (TPSA) is 80.9 Å². The number of carbonyl (C=O) groups excluding carboxylic acids is 1. The van der Waals surface area contributed by atoms with Crippen LogP contribution in [0.3, 0.4) is 0 Å². The first-order valence-electron chi connectivity index (χ1n) is 4.77. The van der Waals surface area contributed by atoms with Crippen molar-refractivity contribution in [2.24, 2.45) is 5.73 Å². The molecule has 0 aromatic carbocycles. The zero-order chi connectivity index (χ0) is 12.3. The fourth-order valence-electron chi connectivity index (χ4n) is 1.17. The number of halogens is 2. The van der Waals surface area contributed by atoms with E-state index in [2.05, 4.69) is 15.3 Å². The summed E-state index contributed by atoms with van der Waals surface area (Å²) in [6, 6.07) is 4.45. The van der Waals surface area contributed by atoms with Crippen LogP contribution in [0, 0.1) is 5.95 Å². The predicted molar refractivity (Wildman–Crippen MR) is 63.0 cm³/mol. The molecule has 1 amide bonds. The quantitative estimate of drug-likeness (QED) is 0.656. The van der Waals surface area contributed by atoms with E-state index in [1.54, 1.807) is 17.5 Å². The molecule has 0 atom stereocenters. The standard InChI is InChI=1S/C10H9FN4OS.ClH/c11-8-3-1-2-6(13-8)7-5-17-10(14-7)15-9(16)4-12;/h1-3,5H,4,12H2,(H,14,15,16);1H/p-1. The van der Waals surface area contributed by atoms with E-state index >= 15 is 0 Å². The lowest BCUT2D eigenvalue weighted by Crippen LogP contribution is -3.00. The molecular weight excluding hydrogens is 279 g/mol. The smallest absolute Gasteiger partial charge is 0.239 e. The molecule has 0 aliphatic carbocycles. The van der Waals surface area contributed by atoms with E-state index in [9.17, 15) is 9.18 Å². The molecule has 0 saturated carbocycles. The normalized spacial score (nSPS) is 9.67. The van der Waals surface area contributed by atoms with Gasteiger partial charge in [0.05, 0.1) is 12.2 Å². The van der Waals surface area contributed by atoms with Crippen molar-refractivity contribution >= 4 is 22.4 Å². The van der Waals surface area contributed by atoms with Gasteiger partial charge in [0.25, 0.3) is 0 Å². The number of nitrogens with one attached hydrogen (secondary N) is 1. The average molecular weight is 288 g/mol. The Balaban J connectivity index is 0.00000162. The minimum Gasteiger partial charge on any atom is -1.00 e. The molecule has 8 heteroatoms. The van der Waals surface area contributed by atoms with Gasteiger partial charge in [0, 0.05) is 5.38 Å². The fourth-order valence-corrected chi connectivity index (χ4v) is 1.89. The van der Waals surface area contributed by atoms with E-state index in [4.69, 9.17) is 5.73 Å². The molecule has 3 N–H and O–H groups in total. The molecule has 0 unspecified atom stereocenters. The van der Waals surface area contributed by atoms with Gasteiger partial charge in [-0.15, -0.1) is 11.3 Å². The van der Waals surface area contributed by atoms with E-state index in [-0.39, 0.29) is 24.9 Å². The van der Waals surface area contributed by atoms with Gasteiger partial charge in [0.1, 0.15) is 5.69 Å². The van der Waals surface area contributed by atoms with Gasteiger partial charge in [-0.05, 0) is 12.1 Å². The molecule has 0 fully saturated rings. The van der Waals surface area contributed by atoms with E-state index in [0.717, 1.165) is 0 Å². The molecule has 2 aromatic heterocycles. The summed E-state index contributed by atoms with van der Waals surface area (Å²) in [6.45, 7) is -0.104. The van der Waals surface area contributed by atoms with Crippen LogP contribution >= 0.6 is 11.3 Å². The van der Waals surface area contributed by atoms with Crippen LogP contribution in [0.1, 0.15) is 0 Å². The van der Waals surface area contributed by atoms with Crippen molar-refractivity contribution < 1.29 is 21.6 Å². The first-order chi connectivity index (χ1) is 8.19. The first kappa shape index (κ1) is 14.5. The fraction of sp³-hybridized carbons (Fsp3) is 0.100. The minimum atomic E-state index is -0.567. The molecule has 0 spiro atoms. The maximum Gasteiger partial charge on any atom is 0.239 e. The highest BCUT2D eigenvalue weighted by Crippen LogP contribution is 2.23. The second-order valence-electron chi connectivity index (χ2n) is 3.14. The summed E-state index contributed by atoms with van der Waals surface area (Å²) >= 11 is 1.23. The Bertz CT molecular complexity index is 548. The zero-order valence-electron chi connectivity index (χ0n) is 9.06. The molecule has 96 valence electrons. The van der Waals surface area contributed by atoms with E-state index < -0.39 is 5.95 Å². The highest BCUT2D eigenvalue weighted by atomic mass is 35.5. The molecule has 2 rings (SSSR count). The van der Waals surface area contributed by atoms with Gasteiger partial charge in [-0.25, -0.2) is 9.97 Å². The van der Waals surface area contributed by atoms with Gasteiger partial charge in [-0.3, -0.25) is 4.79 Å². The Labute approximate surface area is 113 Å². The molecule has 2 heterocycles. The third-order valence-corrected chi connectivity index (χ3v) is 2.67. The number of aromatic nitrogens is 2. The highest BCUT2D eigenvalue weighted by molar-refractivity contribution is 7.14. The Hall–Kier alpha value is -1.57. The number of thiazole rings is 1. The summed E-state index contributed by atoms with van der Waals surface area (Å²) in [4.78, 5) is 18.8. The molecule has 2 aromatic rings. The van der Waals surface area contributed by atoms with Crippen LogP contribution in [0.15, 0.2) is 23.6 Å². The molecule has 0 saturated heterocycles. The van der Waals surface area contributed by atoms with Crippen molar-refractivity contribution in [3.63, 3.8) is 0 Å².